The summed E-state index contributed by atoms with van der Waals surface area (Å²) in [7, 11) is 1.72. The van der Waals surface area contributed by atoms with Crippen LogP contribution in [-0.2, 0) is 9.53 Å². The fraction of sp³-hybridized carbons (Fsp3) is 0.593. The molecule has 184 valence electrons. The molecule has 2 rings (SSSR count). The van der Waals surface area contributed by atoms with Crippen molar-refractivity contribution in [1.82, 2.24) is 0 Å². The maximum atomic E-state index is 14.4. The number of aliphatic hydroxyl groups is 2. The van der Waals surface area contributed by atoms with Crippen LogP contribution in [0, 0.1) is 25.1 Å². The molecule has 0 spiro atoms. The van der Waals surface area contributed by atoms with Crippen LogP contribution in [0.4, 0.5) is 4.39 Å². The molecule has 1 aliphatic carbocycles. The first-order valence-electron chi connectivity index (χ1n) is 11.7. The van der Waals surface area contributed by atoms with Gasteiger partial charge in [-0.05, 0) is 85.4 Å². The van der Waals surface area contributed by atoms with Crippen LogP contribution in [0.1, 0.15) is 76.0 Å². The Morgan fingerprint density at radius 2 is 1.79 bits per heavy atom. The third kappa shape index (κ3) is 7.25. The minimum Gasteiger partial charge on any atom is -0.550 e. The monoisotopic (exact) mass is 484 g/mol. The van der Waals surface area contributed by atoms with Crippen molar-refractivity contribution in [2.24, 2.45) is 5.41 Å². The van der Waals surface area contributed by atoms with E-state index in [0.29, 0.717) is 17.5 Å². The molecule has 3 atom stereocenters. The molecular weight excluding hydrogens is 446 g/mol. The Morgan fingerprint density at radius 1 is 1.24 bits per heavy atom. The zero-order valence-electron chi connectivity index (χ0n) is 21.7. The molecule has 0 saturated heterocycles. The van der Waals surface area contributed by atoms with Crippen molar-refractivity contribution >= 4 is 11.5 Å². The summed E-state index contributed by atoms with van der Waals surface area (Å²) in [6, 6.07) is 3.73. The van der Waals surface area contributed by atoms with Crippen LogP contribution < -0.4 is 34.7 Å². The standard InChI is InChI=1S/C27H39FO5.Na/c1-7-27(8-2)16-26(5,33-6)15-22(19-11-17(3)25(28)18(4)12-19)23(27)10-9-20(29)13-21(30)14-24(31)32;/h9-12,20-21,29-30H,7-8,13-16H2,1-6H3,(H,31,32);/q;+1/p-1/b10-9+;. The Labute approximate surface area is 225 Å². The second-order valence-electron chi connectivity index (χ2n) is 9.70. The number of hydrogen-bond acceptors (Lipinski definition) is 5. The largest absolute Gasteiger partial charge is 1.00 e. The predicted octanol–water partition coefficient (Wildman–Crippen LogP) is 1.01. The van der Waals surface area contributed by atoms with E-state index in [4.69, 9.17) is 4.74 Å². The van der Waals surface area contributed by atoms with Gasteiger partial charge >= 0.3 is 29.6 Å². The first-order chi connectivity index (χ1) is 15.4. The zero-order chi connectivity index (χ0) is 25.0. The Bertz CT molecular complexity index is 899. The molecule has 0 heterocycles. The summed E-state index contributed by atoms with van der Waals surface area (Å²) in [6.07, 6.45) is 3.86. The van der Waals surface area contributed by atoms with Gasteiger partial charge < -0.3 is 24.9 Å². The number of carbonyl (C=O) groups is 1. The van der Waals surface area contributed by atoms with E-state index in [1.54, 1.807) is 27.0 Å². The van der Waals surface area contributed by atoms with Crippen molar-refractivity contribution in [3.63, 3.8) is 0 Å². The molecule has 0 aliphatic heterocycles. The second kappa shape index (κ2) is 12.8. The van der Waals surface area contributed by atoms with E-state index in [1.165, 1.54) is 0 Å². The van der Waals surface area contributed by atoms with Gasteiger partial charge in [0.1, 0.15) is 5.82 Å². The third-order valence-electron chi connectivity index (χ3n) is 7.19. The van der Waals surface area contributed by atoms with Crippen LogP contribution in [0.25, 0.3) is 5.57 Å². The Balaban J connectivity index is 0.00000578. The summed E-state index contributed by atoms with van der Waals surface area (Å²) in [6.45, 7) is 9.89. The van der Waals surface area contributed by atoms with Gasteiger partial charge in [0.15, 0.2) is 0 Å². The number of aliphatic carboxylic acids is 1. The van der Waals surface area contributed by atoms with Gasteiger partial charge in [0.05, 0.1) is 17.8 Å². The molecule has 1 aliphatic rings. The SMILES string of the molecule is CCC1(CC)CC(C)(OC)CC(c2cc(C)c(F)c(C)c2)=C1/C=C/C(O)CC(O)CC(=O)[O-].[Na+]. The third-order valence-corrected chi connectivity index (χ3v) is 7.19. The van der Waals surface area contributed by atoms with Crippen LogP contribution in [-0.4, -0.2) is 41.1 Å². The molecule has 0 fully saturated rings. The quantitative estimate of drug-likeness (QED) is 0.484. The van der Waals surface area contributed by atoms with Gasteiger partial charge in [-0.2, -0.15) is 0 Å². The molecule has 2 N–H and O–H groups in total. The van der Waals surface area contributed by atoms with Crippen LogP contribution in [0.15, 0.2) is 29.9 Å². The number of benzene rings is 1. The number of carboxylic acid groups (broad SMARTS) is 1. The summed E-state index contributed by atoms with van der Waals surface area (Å²) in [4.78, 5) is 10.7. The molecule has 3 unspecified atom stereocenters. The summed E-state index contributed by atoms with van der Waals surface area (Å²) < 4.78 is 20.3. The molecule has 0 aromatic heterocycles. The number of halogens is 1. The Hall–Kier alpha value is -1.02. The molecule has 0 amide bonds. The van der Waals surface area contributed by atoms with Crippen molar-refractivity contribution in [2.45, 2.75) is 91.0 Å². The van der Waals surface area contributed by atoms with Crippen molar-refractivity contribution in [2.75, 3.05) is 7.11 Å². The number of methoxy groups -OCH3 is 1. The first kappa shape index (κ1) is 31.0. The van der Waals surface area contributed by atoms with Gasteiger partial charge in [0, 0.05) is 32.3 Å². The minimum atomic E-state index is -1.35. The molecular formula is C27H38FNaO5. The maximum Gasteiger partial charge on any atom is 1.00 e. The number of hydrogen-bond donors (Lipinski definition) is 2. The fourth-order valence-corrected chi connectivity index (χ4v) is 5.18. The molecule has 0 saturated carbocycles. The number of carboxylic acids is 1. The normalized spacial score (nSPS) is 21.9. The second-order valence-corrected chi connectivity index (χ2v) is 9.70. The number of rotatable bonds is 10. The number of allylic oxidation sites excluding steroid dienone is 2. The average Bonchev–Trinajstić information content (AvgIpc) is 2.74. The van der Waals surface area contributed by atoms with E-state index in [9.17, 15) is 24.5 Å². The van der Waals surface area contributed by atoms with Gasteiger partial charge in [-0.1, -0.05) is 26.0 Å². The van der Waals surface area contributed by atoms with Gasteiger partial charge in [-0.3, -0.25) is 0 Å². The number of aryl methyl sites for hydroxylation is 2. The molecule has 34 heavy (non-hydrogen) atoms. The van der Waals surface area contributed by atoms with Crippen LogP contribution >= 0.6 is 0 Å². The summed E-state index contributed by atoms with van der Waals surface area (Å²) >= 11 is 0. The zero-order valence-corrected chi connectivity index (χ0v) is 23.7. The van der Waals surface area contributed by atoms with Gasteiger partial charge in [-0.15, -0.1) is 0 Å². The minimum absolute atomic E-state index is 0. The summed E-state index contributed by atoms with van der Waals surface area (Å²) in [5, 5.41) is 31.0. The molecule has 1 aromatic rings. The first-order valence-corrected chi connectivity index (χ1v) is 11.7. The van der Waals surface area contributed by atoms with E-state index in [0.717, 1.165) is 36.0 Å². The van der Waals surface area contributed by atoms with Crippen molar-refractivity contribution < 1.29 is 58.8 Å². The maximum absolute atomic E-state index is 14.4. The molecule has 1 aromatic carbocycles. The van der Waals surface area contributed by atoms with Gasteiger partial charge in [-0.25, -0.2) is 4.39 Å². The van der Waals surface area contributed by atoms with E-state index >= 15 is 0 Å². The number of ether oxygens (including phenoxy) is 1. The molecule has 7 heteroatoms. The summed E-state index contributed by atoms with van der Waals surface area (Å²) in [5.41, 5.74) is 3.61. The van der Waals surface area contributed by atoms with E-state index in [1.807, 2.05) is 18.2 Å². The van der Waals surface area contributed by atoms with Crippen LogP contribution in [0.2, 0.25) is 0 Å². The fourth-order valence-electron chi connectivity index (χ4n) is 5.18. The molecule has 0 bridgehead atoms. The van der Waals surface area contributed by atoms with E-state index in [-0.39, 0.29) is 47.2 Å². The Morgan fingerprint density at radius 3 is 2.26 bits per heavy atom. The topological polar surface area (TPSA) is 89.8 Å². The van der Waals surface area contributed by atoms with Gasteiger partial charge in [0.2, 0.25) is 0 Å². The van der Waals surface area contributed by atoms with E-state index < -0.39 is 30.2 Å². The number of carbonyl (C=O) groups excluding carboxylic acids is 1. The smallest absolute Gasteiger partial charge is 0.550 e. The van der Waals surface area contributed by atoms with Crippen molar-refractivity contribution in [3.8, 4) is 0 Å². The average molecular weight is 485 g/mol. The molecule has 5 nitrogen and oxygen atoms in total. The van der Waals surface area contributed by atoms with E-state index in [2.05, 4.69) is 20.8 Å². The van der Waals surface area contributed by atoms with Crippen LogP contribution in [0.3, 0.4) is 0 Å². The van der Waals surface area contributed by atoms with Gasteiger partial charge in [0.25, 0.3) is 0 Å². The number of aliphatic hydroxyl groups excluding tert-OH is 2. The Kier molecular flexibility index (Phi) is 11.7. The van der Waals surface area contributed by atoms with Crippen molar-refractivity contribution in [1.29, 1.82) is 0 Å². The van der Waals surface area contributed by atoms with Crippen molar-refractivity contribution in [3.05, 3.63) is 52.4 Å². The summed E-state index contributed by atoms with van der Waals surface area (Å²) in [5.74, 6) is -1.57. The molecule has 0 radical (unpaired) electrons. The van der Waals surface area contributed by atoms with Crippen LogP contribution in [0.5, 0.6) is 0 Å². The predicted molar refractivity (Wildman–Crippen MR) is 126 cm³/mol.